The van der Waals surface area contributed by atoms with Crippen LogP contribution in [0.15, 0.2) is 0 Å². The first kappa shape index (κ1) is 13.3. The molecule has 3 nitrogen and oxygen atoms in total. The van der Waals surface area contributed by atoms with E-state index < -0.39 is 5.60 Å². The Morgan fingerprint density at radius 3 is 2.12 bits per heavy atom. The van der Waals surface area contributed by atoms with Gasteiger partial charge in [0.15, 0.2) is 0 Å². The fourth-order valence-electron chi connectivity index (χ4n) is 1.96. The molecular weight excluding hydrogens is 202 g/mol. The molecule has 1 saturated heterocycles. The van der Waals surface area contributed by atoms with Gasteiger partial charge in [-0.3, -0.25) is 0 Å². The lowest BCUT2D eigenvalue weighted by molar-refractivity contribution is 0.0278. The van der Waals surface area contributed by atoms with Gasteiger partial charge in [0.2, 0.25) is 0 Å². The van der Waals surface area contributed by atoms with Crippen LogP contribution in [0, 0.1) is 11.3 Å². The summed E-state index contributed by atoms with van der Waals surface area (Å²) in [6, 6.07) is 0. The maximum Gasteiger partial charge on any atom is 0.410 e. The number of nitrogens with zero attached hydrogens (tertiary/aromatic N) is 1. The van der Waals surface area contributed by atoms with Crippen LogP contribution in [0.2, 0.25) is 0 Å². The van der Waals surface area contributed by atoms with Gasteiger partial charge in [-0.15, -0.1) is 0 Å². The van der Waals surface area contributed by atoms with Crippen molar-refractivity contribution in [2.24, 2.45) is 11.3 Å². The molecule has 0 N–H and O–H groups in total. The van der Waals surface area contributed by atoms with Gasteiger partial charge < -0.3 is 9.64 Å². The first-order chi connectivity index (χ1) is 7.09. The fourth-order valence-corrected chi connectivity index (χ4v) is 1.96. The Morgan fingerprint density at radius 2 is 1.75 bits per heavy atom. The third kappa shape index (κ3) is 3.69. The van der Waals surface area contributed by atoms with Crippen molar-refractivity contribution in [3.63, 3.8) is 0 Å². The van der Waals surface area contributed by atoms with Crippen molar-refractivity contribution in [1.82, 2.24) is 4.90 Å². The summed E-state index contributed by atoms with van der Waals surface area (Å²) in [7, 11) is 0. The van der Waals surface area contributed by atoms with Gasteiger partial charge in [0.1, 0.15) is 5.60 Å². The number of ether oxygens (including phenoxy) is 1. The largest absolute Gasteiger partial charge is 0.444 e. The summed E-state index contributed by atoms with van der Waals surface area (Å²) in [5.41, 5.74) is -0.117. The summed E-state index contributed by atoms with van der Waals surface area (Å²) in [4.78, 5) is 13.7. The molecule has 0 bridgehead atoms. The van der Waals surface area contributed by atoms with Crippen LogP contribution in [-0.2, 0) is 4.74 Å². The summed E-state index contributed by atoms with van der Waals surface area (Å²) in [5, 5.41) is 0. The maximum absolute atomic E-state index is 11.8. The molecule has 1 atom stereocenters. The molecule has 1 fully saturated rings. The third-order valence-corrected chi connectivity index (χ3v) is 3.06. The molecule has 94 valence electrons. The molecule has 0 saturated carbocycles. The van der Waals surface area contributed by atoms with Crippen LogP contribution in [0.3, 0.4) is 0 Å². The zero-order valence-electron chi connectivity index (χ0n) is 11.5. The number of carbonyl (C=O) groups is 1. The minimum Gasteiger partial charge on any atom is -0.444 e. The number of amides is 1. The molecule has 1 aliphatic rings. The second-order valence-corrected chi connectivity index (χ2v) is 6.78. The van der Waals surface area contributed by atoms with E-state index in [1.807, 2.05) is 25.7 Å². The zero-order valence-corrected chi connectivity index (χ0v) is 11.5. The maximum atomic E-state index is 11.8. The minimum atomic E-state index is -0.392. The van der Waals surface area contributed by atoms with Gasteiger partial charge in [0.05, 0.1) is 0 Å². The van der Waals surface area contributed by atoms with E-state index in [-0.39, 0.29) is 11.5 Å². The van der Waals surface area contributed by atoms with Gasteiger partial charge >= 0.3 is 6.09 Å². The number of rotatable bonds is 0. The molecule has 1 aliphatic heterocycles. The average Bonchev–Trinajstić information content (AvgIpc) is 2.46. The SMILES string of the molecule is CC(C)(C)OC(=O)N1CC[C@H](C(C)(C)C)C1. The highest BCUT2D eigenvalue weighted by atomic mass is 16.6. The van der Waals surface area contributed by atoms with Gasteiger partial charge in [-0.25, -0.2) is 4.79 Å². The predicted molar refractivity (Wildman–Crippen MR) is 65.4 cm³/mol. The van der Waals surface area contributed by atoms with Crippen molar-refractivity contribution >= 4 is 6.09 Å². The Kier molecular flexibility index (Phi) is 3.56. The summed E-state index contributed by atoms with van der Waals surface area (Å²) >= 11 is 0. The van der Waals surface area contributed by atoms with Crippen LogP contribution in [0.25, 0.3) is 0 Å². The molecule has 0 aromatic carbocycles. The van der Waals surface area contributed by atoms with E-state index in [0.717, 1.165) is 19.5 Å². The number of likely N-dealkylation sites (tertiary alicyclic amines) is 1. The van der Waals surface area contributed by atoms with Crippen molar-refractivity contribution in [3.05, 3.63) is 0 Å². The first-order valence-electron chi connectivity index (χ1n) is 6.07. The molecule has 1 heterocycles. The molecule has 0 aromatic rings. The van der Waals surface area contributed by atoms with Crippen molar-refractivity contribution in [2.45, 2.75) is 53.6 Å². The monoisotopic (exact) mass is 227 g/mol. The van der Waals surface area contributed by atoms with Crippen LogP contribution in [0.4, 0.5) is 4.79 Å². The van der Waals surface area contributed by atoms with Crippen LogP contribution in [-0.4, -0.2) is 29.7 Å². The number of hydrogen-bond donors (Lipinski definition) is 0. The molecule has 0 aromatic heterocycles. The predicted octanol–water partition coefficient (Wildman–Crippen LogP) is 3.29. The van der Waals surface area contributed by atoms with E-state index in [1.165, 1.54) is 0 Å². The van der Waals surface area contributed by atoms with Crippen LogP contribution in [0.5, 0.6) is 0 Å². The minimum absolute atomic E-state index is 0.167. The molecule has 0 radical (unpaired) electrons. The Bertz CT molecular complexity index is 260. The van der Waals surface area contributed by atoms with Gasteiger partial charge in [-0.1, -0.05) is 20.8 Å². The standard InChI is InChI=1S/C13H25NO2/c1-12(2,3)10-7-8-14(9-10)11(15)16-13(4,5)6/h10H,7-9H2,1-6H3/t10-/m0/s1. The summed E-state index contributed by atoms with van der Waals surface area (Å²) < 4.78 is 5.37. The highest BCUT2D eigenvalue weighted by Crippen LogP contribution is 2.33. The molecule has 1 rings (SSSR count). The van der Waals surface area contributed by atoms with Crippen LogP contribution in [0.1, 0.15) is 48.0 Å². The molecule has 16 heavy (non-hydrogen) atoms. The molecule has 0 aliphatic carbocycles. The summed E-state index contributed by atoms with van der Waals surface area (Å²) in [6.45, 7) is 14.1. The average molecular weight is 227 g/mol. The molecule has 0 unspecified atom stereocenters. The van der Waals surface area contributed by atoms with E-state index in [4.69, 9.17) is 4.74 Å². The summed E-state index contributed by atoms with van der Waals surface area (Å²) in [6.07, 6.45) is 0.919. The molecule has 0 spiro atoms. The van der Waals surface area contributed by atoms with Crippen LogP contribution < -0.4 is 0 Å². The Balaban J connectivity index is 2.51. The van der Waals surface area contributed by atoms with Gasteiger partial charge in [-0.05, 0) is 38.5 Å². The quantitative estimate of drug-likeness (QED) is 0.635. The summed E-state index contributed by atoms with van der Waals surface area (Å²) in [5.74, 6) is 0.583. The van der Waals surface area contributed by atoms with Crippen molar-refractivity contribution in [2.75, 3.05) is 13.1 Å². The van der Waals surface area contributed by atoms with Crippen molar-refractivity contribution in [3.8, 4) is 0 Å². The van der Waals surface area contributed by atoms with Crippen molar-refractivity contribution < 1.29 is 9.53 Å². The van der Waals surface area contributed by atoms with Crippen molar-refractivity contribution in [1.29, 1.82) is 0 Å². The van der Waals surface area contributed by atoms with E-state index in [1.54, 1.807) is 0 Å². The third-order valence-electron chi connectivity index (χ3n) is 3.06. The second kappa shape index (κ2) is 4.27. The molecular formula is C13H25NO2. The zero-order chi connectivity index (χ0) is 12.6. The fraction of sp³-hybridized carbons (Fsp3) is 0.923. The smallest absolute Gasteiger partial charge is 0.410 e. The first-order valence-corrected chi connectivity index (χ1v) is 6.07. The normalized spacial score (nSPS) is 22.4. The Morgan fingerprint density at radius 1 is 1.19 bits per heavy atom. The van der Waals surface area contributed by atoms with Gasteiger partial charge in [-0.2, -0.15) is 0 Å². The lowest BCUT2D eigenvalue weighted by Gasteiger charge is -2.28. The number of carbonyl (C=O) groups excluding carboxylic acids is 1. The highest BCUT2D eigenvalue weighted by Gasteiger charge is 2.35. The van der Waals surface area contributed by atoms with Gasteiger partial charge in [0.25, 0.3) is 0 Å². The lowest BCUT2D eigenvalue weighted by Crippen LogP contribution is -2.36. The van der Waals surface area contributed by atoms with Crippen LogP contribution >= 0.6 is 0 Å². The van der Waals surface area contributed by atoms with E-state index in [2.05, 4.69) is 20.8 Å². The second-order valence-electron chi connectivity index (χ2n) is 6.78. The van der Waals surface area contributed by atoms with E-state index >= 15 is 0 Å². The van der Waals surface area contributed by atoms with E-state index in [0.29, 0.717) is 5.92 Å². The highest BCUT2D eigenvalue weighted by molar-refractivity contribution is 5.68. The van der Waals surface area contributed by atoms with E-state index in [9.17, 15) is 4.79 Å². The van der Waals surface area contributed by atoms with Gasteiger partial charge in [0, 0.05) is 13.1 Å². The Hall–Kier alpha value is -0.730. The lowest BCUT2D eigenvalue weighted by atomic mass is 9.80. The molecule has 1 amide bonds. The molecule has 3 heteroatoms. The number of hydrogen-bond acceptors (Lipinski definition) is 2. The Labute approximate surface area is 99.1 Å². The topological polar surface area (TPSA) is 29.5 Å².